The number of thiol groups is 2. The summed E-state index contributed by atoms with van der Waals surface area (Å²) in [7, 11) is 0. The predicted octanol–water partition coefficient (Wildman–Crippen LogP) is -0.175. The van der Waals surface area contributed by atoms with E-state index in [1.165, 1.54) is 30.7 Å². The Kier molecular flexibility index (Phi) is 24.2. The zero-order valence-electron chi connectivity index (χ0n) is 34.0. The fourth-order valence-corrected chi connectivity index (χ4v) is 6.85. The van der Waals surface area contributed by atoms with Crippen LogP contribution in [-0.2, 0) is 32.2 Å². The quantitative estimate of drug-likeness (QED) is 0.0582. The van der Waals surface area contributed by atoms with E-state index in [1.807, 2.05) is 0 Å². The number of carboxylic acids is 1. The van der Waals surface area contributed by atoms with E-state index >= 15 is 0 Å². The smallest absolute Gasteiger partial charge is 0.333 e. The molecule has 2 aromatic rings. The van der Waals surface area contributed by atoms with Crippen molar-refractivity contribution in [3.8, 4) is 0 Å². The van der Waals surface area contributed by atoms with E-state index in [0.717, 1.165) is 44.9 Å². The number of nitrogens with one attached hydrogen (secondary N) is 1. The SMILES string of the molecule is Cc1cn([C@H]2CC(O)[C@@H](CO)O2)c(=O)n(CCCCCCN)c1=O.Cc1cn([C@H]2CC(O)[C@@H](CO)O2)c(=O)n(CCCCCCNC(=O)CCS)c1=O.O=C(O)CCS. The zero-order valence-corrected chi connectivity index (χ0v) is 35.8. The lowest BCUT2D eigenvalue weighted by atomic mass is 10.2. The third-order valence-electron chi connectivity index (χ3n) is 9.75. The highest BCUT2D eigenvalue weighted by atomic mass is 32.1. The van der Waals surface area contributed by atoms with Gasteiger partial charge in [0, 0.05) is 68.2 Å². The molecule has 2 fully saturated rings. The van der Waals surface area contributed by atoms with Crippen LogP contribution < -0.4 is 33.5 Å². The molecule has 0 radical (unpaired) electrons. The first-order valence-electron chi connectivity index (χ1n) is 20.1. The number of carbonyl (C=O) groups excluding carboxylic acids is 1. The van der Waals surface area contributed by atoms with Crippen LogP contribution in [0.4, 0.5) is 0 Å². The van der Waals surface area contributed by atoms with E-state index in [0.29, 0.717) is 61.7 Å². The van der Waals surface area contributed by atoms with E-state index in [1.54, 1.807) is 13.8 Å². The first-order chi connectivity index (χ1) is 28.1. The van der Waals surface area contributed by atoms with Gasteiger partial charge in [-0.3, -0.25) is 37.4 Å². The molecular formula is C38H64N6O13S2. The summed E-state index contributed by atoms with van der Waals surface area (Å²) in [5.41, 5.74) is 4.77. The molecule has 0 aromatic carbocycles. The molecule has 2 aliphatic heterocycles. The number of rotatable bonds is 21. The maximum Gasteiger partial charge on any atom is 0.333 e. The maximum atomic E-state index is 12.8. The molecule has 59 heavy (non-hydrogen) atoms. The van der Waals surface area contributed by atoms with Gasteiger partial charge in [0.1, 0.15) is 24.7 Å². The van der Waals surface area contributed by atoms with Gasteiger partial charge in [-0.05, 0) is 51.8 Å². The Hall–Kier alpha value is -3.28. The van der Waals surface area contributed by atoms with Crippen molar-refractivity contribution in [1.82, 2.24) is 23.6 Å². The van der Waals surface area contributed by atoms with Gasteiger partial charge in [-0.25, -0.2) is 9.59 Å². The molecule has 1 amide bonds. The van der Waals surface area contributed by atoms with E-state index in [-0.39, 0.29) is 49.5 Å². The number of aliphatic carboxylic acids is 1. The number of hydrogen-bond donors (Lipinski definition) is 9. The van der Waals surface area contributed by atoms with Gasteiger partial charge < -0.3 is 46.1 Å². The van der Waals surface area contributed by atoms with E-state index in [2.05, 4.69) is 30.6 Å². The molecule has 2 saturated heterocycles. The van der Waals surface area contributed by atoms with Crippen molar-refractivity contribution < 1.29 is 44.6 Å². The number of aliphatic hydroxyl groups excluding tert-OH is 4. The summed E-state index contributed by atoms with van der Waals surface area (Å²) in [4.78, 5) is 71.0. The van der Waals surface area contributed by atoms with Crippen LogP contribution in [0, 0.1) is 13.8 Å². The molecule has 336 valence electrons. The van der Waals surface area contributed by atoms with Crippen LogP contribution in [0.3, 0.4) is 0 Å². The highest BCUT2D eigenvalue weighted by Crippen LogP contribution is 2.28. The molecular weight excluding hydrogens is 813 g/mol. The Morgan fingerprint density at radius 2 is 1.15 bits per heavy atom. The summed E-state index contributed by atoms with van der Waals surface area (Å²) < 4.78 is 16.2. The number of aromatic nitrogens is 4. The topological polar surface area (TPSA) is 280 Å². The molecule has 6 atom stereocenters. The summed E-state index contributed by atoms with van der Waals surface area (Å²) in [6.45, 7) is 4.54. The van der Waals surface area contributed by atoms with Crippen LogP contribution in [0.5, 0.6) is 0 Å². The molecule has 0 bridgehead atoms. The summed E-state index contributed by atoms with van der Waals surface area (Å²) in [6, 6.07) is 0. The van der Waals surface area contributed by atoms with Gasteiger partial charge >= 0.3 is 17.3 Å². The Morgan fingerprint density at radius 3 is 1.51 bits per heavy atom. The monoisotopic (exact) mass is 876 g/mol. The Balaban J connectivity index is 0.000000362. The van der Waals surface area contributed by atoms with Crippen molar-refractivity contribution in [2.24, 2.45) is 5.73 Å². The summed E-state index contributed by atoms with van der Waals surface area (Å²) in [6.07, 6.45) is 6.11. The second kappa shape index (κ2) is 27.5. The number of carboxylic acid groups (broad SMARTS) is 1. The molecule has 0 saturated carbocycles. The second-order valence-corrected chi connectivity index (χ2v) is 15.3. The highest BCUT2D eigenvalue weighted by Gasteiger charge is 2.36. The average Bonchev–Trinajstić information content (AvgIpc) is 3.77. The van der Waals surface area contributed by atoms with Crippen LogP contribution in [0.1, 0.15) is 101 Å². The molecule has 21 heteroatoms. The van der Waals surface area contributed by atoms with Gasteiger partial charge in [0.05, 0.1) is 31.8 Å². The third-order valence-corrected chi connectivity index (χ3v) is 10.2. The minimum absolute atomic E-state index is 0.00505. The molecule has 2 aromatic heterocycles. The van der Waals surface area contributed by atoms with Gasteiger partial charge in [0.15, 0.2) is 0 Å². The zero-order chi connectivity index (χ0) is 44.1. The number of hydrogen-bond acceptors (Lipinski definition) is 15. The highest BCUT2D eigenvalue weighted by molar-refractivity contribution is 7.80. The van der Waals surface area contributed by atoms with Gasteiger partial charge in [-0.2, -0.15) is 25.3 Å². The van der Waals surface area contributed by atoms with Gasteiger partial charge in [0.25, 0.3) is 11.1 Å². The van der Waals surface area contributed by atoms with E-state index in [4.69, 9.17) is 20.3 Å². The summed E-state index contributed by atoms with van der Waals surface area (Å²) >= 11 is 7.69. The fourth-order valence-electron chi connectivity index (χ4n) is 6.45. The summed E-state index contributed by atoms with van der Waals surface area (Å²) in [5.74, 6) is 0.162. The minimum atomic E-state index is -0.856. The number of ether oxygens (including phenoxy) is 2. The van der Waals surface area contributed by atoms with Crippen molar-refractivity contribution in [3.05, 3.63) is 65.2 Å². The molecule has 4 heterocycles. The van der Waals surface area contributed by atoms with Crippen molar-refractivity contribution >= 4 is 37.1 Å². The first-order valence-corrected chi connectivity index (χ1v) is 21.4. The number of carbonyl (C=O) groups is 2. The van der Waals surface area contributed by atoms with Gasteiger partial charge in [-0.15, -0.1) is 0 Å². The molecule has 0 spiro atoms. The maximum absolute atomic E-state index is 12.8. The number of nitrogens with zero attached hydrogens (tertiary/aromatic N) is 4. The lowest BCUT2D eigenvalue weighted by Crippen LogP contribution is -2.42. The Morgan fingerprint density at radius 1 is 0.729 bits per heavy atom. The lowest BCUT2D eigenvalue weighted by Gasteiger charge is -2.17. The molecule has 2 aliphatic rings. The Labute approximate surface area is 354 Å². The lowest BCUT2D eigenvalue weighted by molar-refractivity contribution is -0.136. The first kappa shape index (κ1) is 51.9. The second-order valence-electron chi connectivity index (χ2n) is 14.5. The largest absolute Gasteiger partial charge is 0.481 e. The third kappa shape index (κ3) is 16.6. The van der Waals surface area contributed by atoms with Crippen LogP contribution in [0.2, 0.25) is 0 Å². The van der Waals surface area contributed by atoms with Crippen LogP contribution in [0.15, 0.2) is 31.6 Å². The van der Waals surface area contributed by atoms with Crippen molar-refractivity contribution in [2.45, 2.75) is 141 Å². The molecule has 0 aliphatic carbocycles. The molecule has 19 nitrogen and oxygen atoms in total. The van der Waals surface area contributed by atoms with Crippen LogP contribution in [0.25, 0.3) is 0 Å². The fraction of sp³-hybridized carbons (Fsp3) is 0.737. The normalized spacial score (nSPS) is 21.0. The number of nitrogens with two attached hydrogens (primary N) is 1. The van der Waals surface area contributed by atoms with E-state index in [9.17, 15) is 49.2 Å². The van der Waals surface area contributed by atoms with Gasteiger partial charge in [-0.1, -0.05) is 25.7 Å². The molecule has 2 unspecified atom stereocenters. The number of unbranched alkanes of at least 4 members (excludes halogenated alkanes) is 6. The van der Waals surface area contributed by atoms with Crippen LogP contribution in [-0.4, -0.2) is 118 Å². The summed E-state index contributed by atoms with van der Waals surface area (Å²) in [5, 5.41) is 48.9. The average molecular weight is 877 g/mol. The minimum Gasteiger partial charge on any atom is -0.481 e. The number of aliphatic hydroxyl groups is 4. The standard InChI is InChI=1S/C19H31N3O6S.C16H27N3O5.C3H6O2S/c1-13-11-22(17-10-14(24)15(12-23)28-17)19(27)21(18(13)26)8-5-3-2-4-7-20-16(25)6-9-29;1-11-9-19(14-8-12(21)13(10-20)24-14)16(23)18(15(11)22)7-5-3-2-4-6-17;4-3(5)1-2-6/h11,14-15,17,23-24,29H,2-10,12H2,1H3,(H,20,25);9,12-14,20-21H,2-8,10,17H2,1H3;6H,1-2H2,(H,4,5)/t14?,15-,17-;12?,13-,14-;/m11./s1. The molecule has 8 N–H and O–H groups in total. The number of amides is 1. The van der Waals surface area contributed by atoms with Crippen LogP contribution >= 0.6 is 25.3 Å². The number of aryl methyl sites for hydroxylation is 2. The Bertz CT molecular complexity index is 1830. The van der Waals surface area contributed by atoms with Crippen molar-refractivity contribution in [2.75, 3.05) is 37.8 Å². The van der Waals surface area contributed by atoms with Gasteiger partial charge in [0.2, 0.25) is 5.91 Å². The predicted molar refractivity (Wildman–Crippen MR) is 226 cm³/mol. The van der Waals surface area contributed by atoms with Crippen molar-refractivity contribution in [3.63, 3.8) is 0 Å². The molecule has 4 rings (SSSR count). The van der Waals surface area contributed by atoms with E-state index < -0.39 is 54.2 Å². The van der Waals surface area contributed by atoms with Crippen molar-refractivity contribution in [1.29, 1.82) is 0 Å².